The van der Waals surface area contributed by atoms with Gasteiger partial charge >= 0.3 is 0 Å². The average molecular weight is 303 g/mol. The maximum absolute atomic E-state index is 12.4. The number of nitrogens with two attached hydrogens (primary N) is 1. The zero-order valence-electron chi connectivity index (χ0n) is 12.9. The van der Waals surface area contributed by atoms with Gasteiger partial charge < -0.3 is 15.5 Å². The van der Waals surface area contributed by atoms with Gasteiger partial charge in [0.25, 0.3) is 0 Å². The molecule has 1 aromatic carbocycles. The number of benzene rings is 1. The molecule has 0 radical (unpaired) electrons. The summed E-state index contributed by atoms with van der Waals surface area (Å²) >= 11 is 0. The largest absolute Gasteiger partial charge is 0.368 e. The molecule has 1 heterocycles. The summed E-state index contributed by atoms with van der Waals surface area (Å²) in [6, 6.07) is 9.19. The van der Waals surface area contributed by atoms with Crippen LogP contribution in [0.25, 0.3) is 0 Å². The van der Waals surface area contributed by atoms with Crippen molar-refractivity contribution in [3.05, 3.63) is 35.9 Å². The van der Waals surface area contributed by atoms with Crippen molar-refractivity contribution in [2.75, 3.05) is 19.6 Å². The lowest BCUT2D eigenvalue weighted by Gasteiger charge is -2.39. The molecule has 0 unspecified atom stereocenters. The number of carbonyl (C=O) groups is 3. The van der Waals surface area contributed by atoms with Crippen LogP contribution in [0.15, 0.2) is 30.3 Å². The minimum atomic E-state index is -0.656. The van der Waals surface area contributed by atoms with Crippen LogP contribution in [0.4, 0.5) is 0 Å². The molecule has 0 bridgehead atoms. The summed E-state index contributed by atoms with van der Waals surface area (Å²) in [5, 5.41) is 0. The lowest BCUT2D eigenvalue weighted by molar-refractivity contribution is -0.156. The molecule has 1 aromatic rings. The fraction of sp³-hybridized carbons (Fsp3) is 0.438. The maximum atomic E-state index is 12.4. The van der Waals surface area contributed by atoms with Gasteiger partial charge in [0.05, 0.1) is 6.54 Å². The smallest absolute Gasteiger partial charge is 0.245 e. The van der Waals surface area contributed by atoms with Crippen molar-refractivity contribution < 1.29 is 14.4 Å². The second-order valence-electron chi connectivity index (χ2n) is 5.69. The Labute approximate surface area is 129 Å². The molecule has 1 aliphatic heterocycles. The van der Waals surface area contributed by atoms with Crippen molar-refractivity contribution in [3.8, 4) is 0 Å². The number of hydrogen-bond acceptors (Lipinski definition) is 3. The standard InChI is InChI=1S/C16H21N3O3/c1-11(13-6-4-3-5-7-13)8-18-10-15(21)19(9-14(17)20)12(2)16(18)22/h3-7,11-12H,8-10H2,1-2H3,(H2,17,20)/t11-,12+/m1/s1. The first-order valence-corrected chi connectivity index (χ1v) is 7.31. The SMILES string of the molecule is C[C@H](CN1CC(=O)N(CC(N)=O)[C@@H](C)C1=O)c1ccccc1. The predicted molar refractivity (Wildman–Crippen MR) is 81.8 cm³/mol. The molecule has 0 spiro atoms. The zero-order chi connectivity index (χ0) is 16.3. The molecule has 1 fully saturated rings. The van der Waals surface area contributed by atoms with E-state index in [1.807, 2.05) is 37.3 Å². The number of nitrogens with zero attached hydrogens (tertiary/aromatic N) is 2. The predicted octanol–water partition coefficient (Wildman–Crippen LogP) is 0.335. The van der Waals surface area contributed by atoms with Crippen LogP contribution in [0.1, 0.15) is 25.3 Å². The van der Waals surface area contributed by atoms with E-state index in [0.29, 0.717) is 6.54 Å². The molecule has 0 saturated carbocycles. The fourth-order valence-electron chi connectivity index (χ4n) is 2.71. The molecule has 2 atom stereocenters. The Morgan fingerprint density at radius 3 is 2.55 bits per heavy atom. The van der Waals surface area contributed by atoms with Crippen LogP contribution in [-0.2, 0) is 14.4 Å². The van der Waals surface area contributed by atoms with Crippen LogP contribution in [0.5, 0.6) is 0 Å². The van der Waals surface area contributed by atoms with Gasteiger partial charge in [0.15, 0.2) is 0 Å². The van der Waals surface area contributed by atoms with E-state index in [0.717, 1.165) is 5.56 Å². The van der Waals surface area contributed by atoms with Gasteiger partial charge in [-0.15, -0.1) is 0 Å². The number of carbonyl (C=O) groups excluding carboxylic acids is 3. The van der Waals surface area contributed by atoms with Gasteiger partial charge in [-0.25, -0.2) is 0 Å². The zero-order valence-corrected chi connectivity index (χ0v) is 12.9. The monoisotopic (exact) mass is 303 g/mol. The third kappa shape index (κ3) is 3.44. The van der Waals surface area contributed by atoms with E-state index in [-0.39, 0.29) is 30.8 Å². The maximum Gasteiger partial charge on any atom is 0.245 e. The third-order valence-corrected chi connectivity index (χ3v) is 3.97. The van der Waals surface area contributed by atoms with Gasteiger partial charge in [-0.3, -0.25) is 14.4 Å². The Kier molecular flexibility index (Phi) is 4.80. The lowest BCUT2D eigenvalue weighted by atomic mass is 9.99. The second kappa shape index (κ2) is 6.60. The summed E-state index contributed by atoms with van der Waals surface area (Å²) in [7, 11) is 0. The fourth-order valence-corrected chi connectivity index (χ4v) is 2.71. The number of amides is 3. The van der Waals surface area contributed by atoms with E-state index in [4.69, 9.17) is 5.73 Å². The third-order valence-electron chi connectivity index (χ3n) is 3.97. The molecule has 22 heavy (non-hydrogen) atoms. The van der Waals surface area contributed by atoms with Gasteiger partial charge in [0.1, 0.15) is 12.6 Å². The van der Waals surface area contributed by atoms with Gasteiger partial charge in [-0.2, -0.15) is 0 Å². The van der Waals surface area contributed by atoms with Crippen molar-refractivity contribution in [1.82, 2.24) is 9.80 Å². The number of rotatable bonds is 5. The van der Waals surface area contributed by atoms with Crippen LogP contribution in [0.3, 0.4) is 0 Å². The number of primary amides is 1. The Bertz CT molecular complexity index is 573. The minimum absolute atomic E-state index is 0.00632. The summed E-state index contributed by atoms with van der Waals surface area (Å²) in [6.45, 7) is 3.90. The summed E-state index contributed by atoms with van der Waals surface area (Å²) < 4.78 is 0. The highest BCUT2D eigenvalue weighted by Gasteiger charge is 2.37. The van der Waals surface area contributed by atoms with Crippen molar-refractivity contribution in [2.24, 2.45) is 5.73 Å². The first-order valence-electron chi connectivity index (χ1n) is 7.31. The average Bonchev–Trinajstić information content (AvgIpc) is 2.49. The molecule has 0 aromatic heterocycles. The molecule has 6 heteroatoms. The summed E-state index contributed by atoms with van der Waals surface area (Å²) in [4.78, 5) is 38.4. The molecule has 6 nitrogen and oxygen atoms in total. The molecule has 118 valence electrons. The highest BCUT2D eigenvalue weighted by Crippen LogP contribution is 2.19. The van der Waals surface area contributed by atoms with E-state index in [1.54, 1.807) is 11.8 Å². The van der Waals surface area contributed by atoms with E-state index >= 15 is 0 Å². The van der Waals surface area contributed by atoms with Crippen LogP contribution >= 0.6 is 0 Å². The normalized spacial score (nSPS) is 20.2. The van der Waals surface area contributed by atoms with Crippen molar-refractivity contribution in [2.45, 2.75) is 25.8 Å². The quantitative estimate of drug-likeness (QED) is 0.851. The summed E-state index contributed by atoms with van der Waals surface area (Å²) in [6.07, 6.45) is 0. The lowest BCUT2D eigenvalue weighted by Crippen LogP contribution is -2.60. The Balaban J connectivity index is 2.06. The molecule has 1 saturated heterocycles. The summed E-state index contributed by atoms with van der Waals surface area (Å²) in [5.41, 5.74) is 6.25. The Morgan fingerprint density at radius 1 is 1.32 bits per heavy atom. The summed E-state index contributed by atoms with van der Waals surface area (Å²) in [5.74, 6) is -0.873. The van der Waals surface area contributed by atoms with Gasteiger partial charge in [0, 0.05) is 6.54 Å². The molecule has 2 N–H and O–H groups in total. The molecular weight excluding hydrogens is 282 g/mol. The Morgan fingerprint density at radius 2 is 1.95 bits per heavy atom. The van der Waals surface area contributed by atoms with Gasteiger partial charge in [0.2, 0.25) is 17.7 Å². The first-order chi connectivity index (χ1) is 10.4. The van der Waals surface area contributed by atoms with Crippen LogP contribution in [0.2, 0.25) is 0 Å². The molecule has 3 amide bonds. The van der Waals surface area contributed by atoms with Crippen molar-refractivity contribution in [3.63, 3.8) is 0 Å². The molecular formula is C16H21N3O3. The Hall–Kier alpha value is -2.37. The van der Waals surface area contributed by atoms with E-state index in [1.165, 1.54) is 4.90 Å². The van der Waals surface area contributed by atoms with Gasteiger partial charge in [-0.1, -0.05) is 37.3 Å². The topological polar surface area (TPSA) is 83.7 Å². The van der Waals surface area contributed by atoms with Gasteiger partial charge in [-0.05, 0) is 18.4 Å². The van der Waals surface area contributed by atoms with Crippen LogP contribution < -0.4 is 5.73 Å². The number of hydrogen-bond donors (Lipinski definition) is 1. The highest BCUT2D eigenvalue weighted by atomic mass is 16.2. The molecule has 0 aliphatic carbocycles. The molecule has 1 aliphatic rings. The van der Waals surface area contributed by atoms with E-state index in [9.17, 15) is 14.4 Å². The van der Waals surface area contributed by atoms with Crippen LogP contribution in [0, 0.1) is 0 Å². The van der Waals surface area contributed by atoms with Crippen LogP contribution in [-0.4, -0.2) is 53.2 Å². The van der Waals surface area contributed by atoms with Crippen molar-refractivity contribution in [1.29, 1.82) is 0 Å². The number of piperazine rings is 1. The highest BCUT2D eigenvalue weighted by molar-refractivity contribution is 5.96. The molecule has 2 rings (SSSR count). The van der Waals surface area contributed by atoms with E-state index in [2.05, 4.69) is 0 Å². The van der Waals surface area contributed by atoms with Crippen molar-refractivity contribution >= 4 is 17.7 Å². The first kappa shape index (κ1) is 16.0. The van der Waals surface area contributed by atoms with E-state index < -0.39 is 11.9 Å². The second-order valence-corrected chi connectivity index (χ2v) is 5.69. The minimum Gasteiger partial charge on any atom is -0.368 e.